The van der Waals surface area contributed by atoms with Crippen molar-refractivity contribution in [2.45, 2.75) is 20.0 Å². The van der Waals surface area contributed by atoms with E-state index in [-0.39, 0.29) is 5.56 Å². The zero-order chi connectivity index (χ0) is 14.7. The standard InChI is InChI=1S/C15H17N5O/c1-2-20-13(7-8-17-20)10-16-12-5-3-11(4-6-12)14-9-15(21)19-18-14/h3-9,16H,2,10H2,1H3,(H2,18,19,21). The van der Waals surface area contributed by atoms with E-state index in [9.17, 15) is 4.79 Å². The van der Waals surface area contributed by atoms with Crippen LogP contribution in [0.25, 0.3) is 11.3 Å². The van der Waals surface area contributed by atoms with Crippen LogP contribution in [-0.2, 0) is 13.1 Å². The molecule has 21 heavy (non-hydrogen) atoms. The van der Waals surface area contributed by atoms with E-state index < -0.39 is 0 Å². The number of rotatable bonds is 5. The summed E-state index contributed by atoms with van der Waals surface area (Å²) in [5, 5.41) is 13.0. The van der Waals surface area contributed by atoms with Crippen LogP contribution in [-0.4, -0.2) is 20.0 Å². The number of anilines is 1. The first-order valence-corrected chi connectivity index (χ1v) is 6.89. The first-order chi connectivity index (χ1) is 10.3. The summed E-state index contributed by atoms with van der Waals surface area (Å²) in [7, 11) is 0. The topological polar surface area (TPSA) is 78.5 Å². The van der Waals surface area contributed by atoms with Crippen LogP contribution in [0.5, 0.6) is 0 Å². The Hall–Kier alpha value is -2.76. The molecule has 0 bridgehead atoms. The normalized spacial score (nSPS) is 10.7. The maximum Gasteiger partial charge on any atom is 0.264 e. The van der Waals surface area contributed by atoms with Gasteiger partial charge in [0.1, 0.15) is 0 Å². The summed E-state index contributed by atoms with van der Waals surface area (Å²) < 4.78 is 1.96. The maximum atomic E-state index is 11.1. The molecule has 3 N–H and O–H groups in total. The van der Waals surface area contributed by atoms with Gasteiger partial charge in [-0.2, -0.15) is 5.10 Å². The van der Waals surface area contributed by atoms with E-state index in [2.05, 4.69) is 27.5 Å². The Bertz CT molecular complexity index is 766. The number of nitrogens with zero attached hydrogens (tertiary/aromatic N) is 2. The van der Waals surface area contributed by atoms with E-state index in [0.717, 1.165) is 35.7 Å². The Kier molecular flexibility index (Phi) is 3.59. The van der Waals surface area contributed by atoms with Crippen molar-refractivity contribution >= 4 is 5.69 Å². The van der Waals surface area contributed by atoms with Crippen LogP contribution in [0.2, 0.25) is 0 Å². The Morgan fingerprint density at radius 1 is 1.19 bits per heavy atom. The number of benzene rings is 1. The van der Waals surface area contributed by atoms with Gasteiger partial charge in [0.05, 0.1) is 17.9 Å². The summed E-state index contributed by atoms with van der Waals surface area (Å²) in [4.78, 5) is 11.1. The smallest absolute Gasteiger partial charge is 0.264 e. The van der Waals surface area contributed by atoms with Crippen molar-refractivity contribution in [2.75, 3.05) is 5.32 Å². The third-order valence-electron chi connectivity index (χ3n) is 3.37. The molecule has 2 aromatic heterocycles. The molecule has 0 radical (unpaired) electrons. The molecule has 0 aliphatic heterocycles. The fraction of sp³-hybridized carbons (Fsp3) is 0.200. The third-order valence-corrected chi connectivity index (χ3v) is 3.37. The molecule has 6 heteroatoms. The molecule has 108 valence electrons. The number of hydrogen-bond acceptors (Lipinski definition) is 3. The molecular formula is C15H17N5O. The number of aromatic nitrogens is 4. The van der Waals surface area contributed by atoms with Crippen LogP contribution in [0.4, 0.5) is 5.69 Å². The van der Waals surface area contributed by atoms with Gasteiger partial charge in [0, 0.05) is 24.5 Å². The lowest BCUT2D eigenvalue weighted by Gasteiger charge is -2.08. The second-order valence-electron chi connectivity index (χ2n) is 4.74. The van der Waals surface area contributed by atoms with Gasteiger partial charge in [-0.05, 0) is 30.7 Å². The quantitative estimate of drug-likeness (QED) is 0.671. The lowest BCUT2D eigenvalue weighted by Crippen LogP contribution is -2.07. The van der Waals surface area contributed by atoms with Crippen molar-refractivity contribution in [1.82, 2.24) is 20.0 Å². The van der Waals surface area contributed by atoms with Gasteiger partial charge < -0.3 is 5.32 Å². The highest BCUT2D eigenvalue weighted by Crippen LogP contribution is 2.18. The summed E-state index contributed by atoms with van der Waals surface area (Å²) in [6, 6.07) is 11.5. The number of H-pyrrole nitrogens is 2. The lowest BCUT2D eigenvalue weighted by molar-refractivity contribution is 0.627. The highest BCUT2D eigenvalue weighted by Gasteiger charge is 2.02. The van der Waals surface area contributed by atoms with Crippen molar-refractivity contribution in [3.05, 3.63) is 58.6 Å². The van der Waals surface area contributed by atoms with Crippen molar-refractivity contribution in [3.8, 4) is 11.3 Å². The molecule has 0 fully saturated rings. The third kappa shape index (κ3) is 2.89. The highest BCUT2D eigenvalue weighted by molar-refractivity contribution is 5.62. The van der Waals surface area contributed by atoms with Gasteiger partial charge in [-0.15, -0.1) is 0 Å². The fourth-order valence-electron chi connectivity index (χ4n) is 2.24. The Balaban J connectivity index is 1.69. The van der Waals surface area contributed by atoms with Crippen LogP contribution in [0.3, 0.4) is 0 Å². The van der Waals surface area contributed by atoms with Crippen LogP contribution < -0.4 is 10.9 Å². The lowest BCUT2D eigenvalue weighted by atomic mass is 10.1. The van der Waals surface area contributed by atoms with Crippen LogP contribution >= 0.6 is 0 Å². The maximum absolute atomic E-state index is 11.1. The molecular weight excluding hydrogens is 266 g/mol. The molecule has 0 saturated carbocycles. The molecule has 0 saturated heterocycles. The van der Waals surface area contributed by atoms with Crippen molar-refractivity contribution in [3.63, 3.8) is 0 Å². The summed E-state index contributed by atoms with van der Waals surface area (Å²) in [6.07, 6.45) is 1.81. The number of hydrogen-bond donors (Lipinski definition) is 3. The zero-order valence-corrected chi connectivity index (χ0v) is 11.8. The predicted octanol–water partition coefficient (Wildman–Crippen LogP) is 2.20. The fourth-order valence-corrected chi connectivity index (χ4v) is 2.24. The van der Waals surface area contributed by atoms with Crippen LogP contribution in [0.1, 0.15) is 12.6 Å². The van der Waals surface area contributed by atoms with Gasteiger partial charge in [-0.3, -0.25) is 19.7 Å². The molecule has 1 aromatic carbocycles. The first-order valence-electron chi connectivity index (χ1n) is 6.89. The Morgan fingerprint density at radius 2 is 2.00 bits per heavy atom. The summed E-state index contributed by atoms with van der Waals surface area (Å²) in [5.41, 5.74) is 3.81. The molecule has 6 nitrogen and oxygen atoms in total. The zero-order valence-electron chi connectivity index (χ0n) is 11.8. The van der Waals surface area contributed by atoms with Gasteiger partial charge in [0.25, 0.3) is 5.56 Å². The van der Waals surface area contributed by atoms with Crippen molar-refractivity contribution in [1.29, 1.82) is 0 Å². The van der Waals surface area contributed by atoms with Gasteiger partial charge in [-0.1, -0.05) is 12.1 Å². The second-order valence-corrected chi connectivity index (χ2v) is 4.74. The van der Waals surface area contributed by atoms with Gasteiger partial charge in [0.15, 0.2) is 0 Å². The molecule has 0 aliphatic carbocycles. The second kappa shape index (κ2) is 5.70. The molecule has 2 heterocycles. The number of aryl methyl sites for hydroxylation is 1. The van der Waals surface area contributed by atoms with E-state index in [1.165, 1.54) is 0 Å². The average Bonchev–Trinajstić information content (AvgIpc) is 3.14. The van der Waals surface area contributed by atoms with E-state index in [0.29, 0.717) is 0 Å². The predicted molar refractivity (Wildman–Crippen MR) is 82.1 cm³/mol. The average molecular weight is 283 g/mol. The molecule has 0 aliphatic rings. The van der Waals surface area contributed by atoms with Gasteiger partial charge in [-0.25, -0.2) is 0 Å². The number of aromatic amines is 2. The summed E-state index contributed by atoms with van der Waals surface area (Å²) in [5.74, 6) is 0. The molecule has 0 unspecified atom stereocenters. The minimum atomic E-state index is -0.125. The molecule has 0 spiro atoms. The Labute approximate surface area is 121 Å². The minimum absolute atomic E-state index is 0.125. The SMILES string of the molecule is CCn1nccc1CNc1ccc(-c2cc(=O)[nH][nH]2)cc1. The molecule has 0 atom stereocenters. The first kappa shape index (κ1) is 13.2. The van der Waals surface area contributed by atoms with E-state index in [1.54, 1.807) is 6.07 Å². The summed E-state index contributed by atoms with van der Waals surface area (Å²) >= 11 is 0. The van der Waals surface area contributed by atoms with Crippen LogP contribution in [0.15, 0.2) is 47.4 Å². The molecule has 0 amide bonds. The molecule has 3 rings (SSSR count). The largest absolute Gasteiger partial charge is 0.379 e. The van der Waals surface area contributed by atoms with Gasteiger partial charge >= 0.3 is 0 Å². The van der Waals surface area contributed by atoms with Gasteiger partial charge in [0.2, 0.25) is 0 Å². The van der Waals surface area contributed by atoms with Crippen LogP contribution in [0, 0.1) is 0 Å². The van der Waals surface area contributed by atoms with E-state index in [1.807, 2.05) is 41.2 Å². The van der Waals surface area contributed by atoms with E-state index in [4.69, 9.17) is 0 Å². The number of nitrogens with one attached hydrogen (secondary N) is 3. The summed E-state index contributed by atoms with van der Waals surface area (Å²) in [6.45, 7) is 3.67. The Morgan fingerprint density at radius 3 is 2.67 bits per heavy atom. The monoisotopic (exact) mass is 283 g/mol. The van der Waals surface area contributed by atoms with Crippen molar-refractivity contribution < 1.29 is 0 Å². The van der Waals surface area contributed by atoms with Crippen molar-refractivity contribution in [2.24, 2.45) is 0 Å². The highest BCUT2D eigenvalue weighted by atomic mass is 16.1. The van der Waals surface area contributed by atoms with E-state index >= 15 is 0 Å². The minimum Gasteiger partial charge on any atom is -0.379 e. The molecule has 3 aromatic rings.